The van der Waals surface area contributed by atoms with E-state index in [1.54, 1.807) is 6.21 Å². The summed E-state index contributed by atoms with van der Waals surface area (Å²) in [5.74, 6) is 0.104. The van der Waals surface area contributed by atoms with Crippen molar-refractivity contribution in [2.45, 2.75) is 13.0 Å². The summed E-state index contributed by atoms with van der Waals surface area (Å²) in [6, 6.07) is 19.2. The summed E-state index contributed by atoms with van der Waals surface area (Å²) in [4.78, 5) is 15.2. The number of amides is 1. The number of rotatable bonds is 8. The second-order valence-electron chi connectivity index (χ2n) is 6.22. The number of aromatic nitrogens is 4. The van der Waals surface area contributed by atoms with Crippen LogP contribution in [0.1, 0.15) is 12.0 Å². The van der Waals surface area contributed by atoms with Gasteiger partial charge in [0.05, 0.1) is 18.7 Å². The van der Waals surface area contributed by atoms with Crippen molar-refractivity contribution < 1.29 is 4.79 Å². The average molecular weight is 388 g/mol. The number of benzene rings is 2. The first-order chi connectivity index (χ1) is 14.2. The lowest BCUT2D eigenvalue weighted by Gasteiger charge is -2.17. The summed E-state index contributed by atoms with van der Waals surface area (Å²) in [5, 5.41) is 24.6. The van der Waals surface area contributed by atoms with E-state index in [1.807, 2.05) is 66.5 Å². The third-order valence-electron chi connectivity index (χ3n) is 4.07. The molecule has 0 spiro atoms. The number of hydrazone groups is 1. The molecule has 3 rings (SSSR count). The van der Waals surface area contributed by atoms with E-state index in [2.05, 4.69) is 32.0 Å². The van der Waals surface area contributed by atoms with Gasteiger partial charge in [-0.25, -0.2) is 5.43 Å². The fraction of sp³-hybridized carbons (Fsp3) is 0.200. The van der Waals surface area contributed by atoms with Crippen LogP contribution in [0.5, 0.6) is 0 Å². The van der Waals surface area contributed by atoms with E-state index in [-0.39, 0.29) is 12.5 Å². The summed E-state index contributed by atoms with van der Waals surface area (Å²) < 4.78 is 0. The highest BCUT2D eigenvalue weighted by molar-refractivity contribution is 5.82. The number of nitrogens with zero attached hydrogens (tertiary/aromatic N) is 7. The van der Waals surface area contributed by atoms with Crippen molar-refractivity contribution in [3.05, 3.63) is 60.2 Å². The third kappa shape index (κ3) is 5.71. The van der Waals surface area contributed by atoms with Gasteiger partial charge in [0.15, 0.2) is 0 Å². The molecule has 1 N–H and O–H groups in total. The first kappa shape index (κ1) is 19.7. The SMILES string of the molecule is CN(CCC#N)c1ccc(/C=N\NC(=O)Cn2nnc(-c3ccccc3)n2)cc1. The molecule has 1 amide bonds. The average Bonchev–Trinajstić information content (AvgIpc) is 3.21. The zero-order valence-electron chi connectivity index (χ0n) is 15.9. The number of hydrogen-bond donors (Lipinski definition) is 1. The first-order valence-electron chi connectivity index (χ1n) is 8.99. The third-order valence-corrected chi connectivity index (χ3v) is 4.07. The van der Waals surface area contributed by atoms with Gasteiger partial charge in [-0.2, -0.15) is 15.2 Å². The van der Waals surface area contributed by atoms with Crippen LogP contribution in [0.3, 0.4) is 0 Å². The van der Waals surface area contributed by atoms with Gasteiger partial charge in [-0.15, -0.1) is 10.2 Å². The van der Waals surface area contributed by atoms with Crippen LogP contribution in [0.25, 0.3) is 11.4 Å². The van der Waals surface area contributed by atoms with Crippen LogP contribution >= 0.6 is 0 Å². The maximum Gasteiger partial charge on any atom is 0.263 e. The number of nitriles is 1. The van der Waals surface area contributed by atoms with Crippen molar-refractivity contribution in [2.24, 2.45) is 5.10 Å². The van der Waals surface area contributed by atoms with Crippen LogP contribution in [0.2, 0.25) is 0 Å². The lowest BCUT2D eigenvalue weighted by molar-refractivity contribution is -0.122. The maximum atomic E-state index is 12.0. The van der Waals surface area contributed by atoms with E-state index in [9.17, 15) is 4.79 Å². The van der Waals surface area contributed by atoms with Crippen molar-refractivity contribution in [3.8, 4) is 17.5 Å². The van der Waals surface area contributed by atoms with Crippen LogP contribution in [0.15, 0.2) is 59.7 Å². The lowest BCUT2D eigenvalue weighted by atomic mass is 10.2. The van der Waals surface area contributed by atoms with Gasteiger partial charge in [0.1, 0.15) is 6.54 Å². The van der Waals surface area contributed by atoms with Crippen LogP contribution in [-0.4, -0.2) is 45.9 Å². The van der Waals surface area contributed by atoms with Gasteiger partial charge in [0, 0.05) is 24.8 Å². The molecule has 1 heterocycles. The number of carbonyl (C=O) groups is 1. The number of tetrazole rings is 1. The zero-order chi connectivity index (χ0) is 20.5. The minimum Gasteiger partial charge on any atom is -0.374 e. The standard InChI is InChI=1S/C20H20N8O/c1-27(13-5-12-21)18-10-8-16(9-11-18)14-22-23-19(29)15-28-25-20(24-26-28)17-6-3-2-4-7-17/h2-4,6-11,14H,5,13,15H2,1H3,(H,23,29)/b22-14-. The molecule has 29 heavy (non-hydrogen) atoms. The molecule has 0 saturated heterocycles. The Hall–Kier alpha value is -4.06. The molecule has 0 aliphatic rings. The summed E-state index contributed by atoms with van der Waals surface area (Å²) in [6.45, 7) is 0.585. The summed E-state index contributed by atoms with van der Waals surface area (Å²) in [5.41, 5.74) is 5.13. The number of nitrogens with one attached hydrogen (secondary N) is 1. The fourth-order valence-electron chi connectivity index (χ4n) is 2.52. The number of anilines is 1. The molecule has 2 aromatic carbocycles. The van der Waals surface area contributed by atoms with E-state index in [4.69, 9.17) is 5.26 Å². The van der Waals surface area contributed by atoms with Crippen LogP contribution in [-0.2, 0) is 11.3 Å². The van der Waals surface area contributed by atoms with Gasteiger partial charge in [-0.1, -0.05) is 42.5 Å². The molecular weight excluding hydrogens is 368 g/mol. The molecule has 1 aromatic heterocycles. The summed E-state index contributed by atoms with van der Waals surface area (Å²) >= 11 is 0. The Bertz CT molecular complexity index is 1000. The Labute approximate surface area is 168 Å². The highest BCUT2D eigenvalue weighted by Gasteiger charge is 2.08. The Balaban J connectivity index is 1.50. The van der Waals surface area contributed by atoms with Gasteiger partial charge in [-0.3, -0.25) is 4.79 Å². The molecule has 3 aromatic rings. The van der Waals surface area contributed by atoms with Crippen molar-refractivity contribution in [3.63, 3.8) is 0 Å². The van der Waals surface area contributed by atoms with Gasteiger partial charge >= 0.3 is 0 Å². The molecular formula is C20H20N8O. The van der Waals surface area contributed by atoms with E-state index in [1.165, 1.54) is 4.80 Å². The molecule has 0 radical (unpaired) electrons. The van der Waals surface area contributed by atoms with Crippen LogP contribution in [0.4, 0.5) is 5.69 Å². The topological polar surface area (TPSA) is 112 Å². The van der Waals surface area contributed by atoms with Gasteiger partial charge in [0.2, 0.25) is 5.82 Å². The number of hydrogen-bond acceptors (Lipinski definition) is 7. The quantitative estimate of drug-likeness (QED) is 0.465. The molecule has 0 saturated carbocycles. The Morgan fingerprint density at radius 2 is 2.00 bits per heavy atom. The van der Waals surface area contributed by atoms with Crippen molar-refractivity contribution in [1.82, 2.24) is 25.6 Å². The largest absolute Gasteiger partial charge is 0.374 e. The van der Waals surface area contributed by atoms with Gasteiger partial charge in [-0.05, 0) is 22.9 Å². The Morgan fingerprint density at radius 1 is 1.24 bits per heavy atom. The second kappa shape index (κ2) is 9.75. The molecule has 0 aliphatic carbocycles. The van der Waals surface area contributed by atoms with E-state index in [0.29, 0.717) is 18.8 Å². The van der Waals surface area contributed by atoms with Gasteiger partial charge < -0.3 is 4.90 Å². The molecule has 0 aliphatic heterocycles. The Kier molecular flexibility index (Phi) is 6.62. The Morgan fingerprint density at radius 3 is 2.72 bits per heavy atom. The number of carbonyl (C=O) groups excluding carboxylic acids is 1. The second-order valence-corrected chi connectivity index (χ2v) is 6.22. The minimum atomic E-state index is -0.355. The highest BCUT2D eigenvalue weighted by Crippen LogP contribution is 2.13. The molecule has 0 unspecified atom stereocenters. The van der Waals surface area contributed by atoms with Gasteiger partial charge in [0.25, 0.3) is 5.91 Å². The fourth-order valence-corrected chi connectivity index (χ4v) is 2.52. The lowest BCUT2D eigenvalue weighted by Crippen LogP contribution is -2.24. The molecule has 9 heteroatoms. The van der Waals surface area contributed by atoms with Crippen molar-refractivity contribution >= 4 is 17.8 Å². The highest BCUT2D eigenvalue weighted by atomic mass is 16.2. The predicted molar refractivity (Wildman–Crippen MR) is 109 cm³/mol. The van der Waals surface area contributed by atoms with Crippen LogP contribution in [0, 0.1) is 11.3 Å². The monoisotopic (exact) mass is 388 g/mol. The zero-order valence-corrected chi connectivity index (χ0v) is 15.9. The molecule has 0 fully saturated rings. The maximum absolute atomic E-state index is 12.0. The summed E-state index contributed by atoms with van der Waals surface area (Å²) in [6.07, 6.45) is 2.03. The minimum absolute atomic E-state index is 0.0835. The molecule has 0 bridgehead atoms. The first-order valence-corrected chi connectivity index (χ1v) is 8.99. The summed E-state index contributed by atoms with van der Waals surface area (Å²) in [7, 11) is 1.93. The van der Waals surface area contributed by atoms with E-state index in [0.717, 1.165) is 16.8 Å². The predicted octanol–water partition coefficient (Wildman–Crippen LogP) is 1.84. The van der Waals surface area contributed by atoms with Crippen molar-refractivity contribution in [1.29, 1.82) is 5.26 Å². The van der Waals surface area contributed by atoms with Crippen molar-refractivity contribution in [2.75, 3.05) is 18.5 Å². The smallest absolute Gasteiger partial charge is 0.263 e. The molecule has 0 atom stereocenters. The normalized spacial score (nSPS) is 10.6. The van der Waals surface area contributed by atoms with Crippen LogP contribution < -0.4 is 10.3 Å². The molecule has 9 nitrogen and oxygen atoms in total. The molecule has 146 valence electrons. The van der Waals surface area contributed by atoms with E-state index >= 15 is 0 Å². The van der Waals surface area contributed by atoms with E-state index < -0.39 is 0 Å².